The molecule has 2 atom stereocenters. The lowest BCUT2D eigenvalue weighted by Gasteiger charge is -2.39. The number of benzene rings is 1. The maximum absolute atomic E-state index is 12.7. The summed E-state index contributed by atoms with van der Waals surface area (Å²) in [6.45, 7) is 4.17. The van der Waals surface area contributed by atoms with Gasteiger partial charge in [-0.2, -0.15) is 0 Å². The van der Waals surface area contributed by atoms with Crippen molar-refractivity contribution in [2.24, 2.45) is 0 Å². The van der Waals surface area contributed by atoms with Gasteiger partial charge in [0.25, 0.3) is 5.91 Å². The molecule has 0 radical (unpaired) electrons. The number of aromatic amines is 1. The van der Waals surface area contributed by atoms with Gasteiger partial charge in [0.05, 0.1) is 5.52 Å². The summed E-state index contributed by atoms with van der Waals surface area (Å²) in [7, 11) is 0. The highest BCUT2D eigenvalue weighted by molar-refractivity contribution is 5.97. The van der Waals surface area contributed by atoms with Crippen LogP contribution in [-0.4, -0.2) is 27.9 Å². The molecule has 2 unspecified atom stereocenters. The highest BCUT2D eigenvalue weighted by Gasteiger charge is 2.29. The van der Waals surface area contributed by atoms with Gasteiger partial charge in [0, 0.05) is 17.6 Å². The second-order valence-corrected chi connectivity index (χ2v) is 5.57. The number of carbonyl (C=O) groups is 1. The number of fused-ring (bicyclic) bond motifs is 1. The van der Waals surface area contributed by atoms with Crippen molar-refractivity contribution in [3.63, 3.8) is 0 Å². The number of nitrogens with zero attached hydrogens (tertiary/aromatic N) is 1. The third kappa shape index (κ3) is 2.13. The van der Waals surface area contributed by atoms with Crippen LogP contribution >= 0.6 is 0 Å². The minimum absolute atomic E-state index is 0.00967. The molecule has 1 aliphatic rings. The SMILES string of the molecule is CC1CCCC(C)N1C(=O)c1ccc2[nH]c(=O)oc2c1. The number of oxazole rings is 1. The van der Waals surface area contributed by atoms with E-state index in [9.17, 15) is 9.59 Å². The standard InChI is InChI=1S/C15H18N2O3/c1-9-4-3-5-10(2)17(9)14(18)11-6-7-12-13(8-11)20-15(19)16-12/h6-10H,3-5H2,1-2H3,(H,16,19). The molecule has 0 bridgehead atoms. The Bertz CT molecular complexity index is 690. The van der Waals surface area contributed by atoms with Crippen molar-refractivity contribution in [2.75, 3.05) is 0 Å². The van der Waals surface area contributed by atoms with Crippen molar-refractivity contribution in [1.29, 1.82) is 0 Å². The largest absolute Gasteiger partial charge is 0.417 e. The van der Waals surface area contributed by atoms with E-state index in [0.29, 0.717) is 16.7 Å². The highest BCUT2D eigenvalue weighted by atomic mass is 16.4. The molecule has 2 aromatic rings. The van der Waals surface area contributed by atoms with Gasteiger partial charge in [0.15, 0.2) is 5.58 Å². The Morgan fingerprint density at radius 2 is 2.00 bits per heavy atom. The fourth-order valence-corrected chi connectivity index (χ4v) is 3.05. The first kappa shape index (κ1) is 13.0. The van der Waals surface area contributed by atoms with Crippen molar-refractivity contribution >= 4 is 17.0 Å². The van der Waals surface area contributed by atoms with Crippen molar-refractivity contribution in [3.05, 3.63) is 34.3 Å². The van der Waals surface area contributed by atoms with Crippen LogP contribution in [0.25, 0.3) is 11.1 Å². The lowest BCUT2D eigenvalue weighted by molar-refractivity contribution is 0.0511. The maximum atomic E-state index is 12.7. The normalized spacial score (nSPS) is 23.2. The Morgan fingerprint density at radius 3 is 2.70 bits per heavy atom. The van der Waals surface area contributed by atoms with E-state index in [0.717, 1.165) is 19.3 Å². The lowest BCUT2D eigenvalue weighted by Crippen LogP contribution is -2.47. The van der Waals surface area contributed by atoms with Gasteiger partial charge >= 0.3 is 5.76 Å². The van der Waals surface area contributed by atoms with E-state index >= 15 is 0 Å². The number of rotatable bonds is 1. The molecule has 1 N–H and O–H groups in total. The van der Waals surface area contributed by atoms with Crippen LogP contribution in [0.2, 0.25) is 0 Å². The average Bonchev–Trinajstić information content (AvgIpc) is 2.77. The van der Waals surface area contributed by atoms with Gasteiger partial charge in [-0.25, -0.2) is 4.79 Å². The quantitative estimate of drug-likeness (QED) is 0.869. The summed E-state index contributed by atoms with van der Waals surface area (Å²) in [6, 6.07) is 5.60. The van der Waals surface area contributed by atoms with Gasteiger partial charge in [-0.15, -0.1) is 0 Å². The Balaban J connectivity index is 1.96. The predicted octanol–water partition coefficient (Wildman–Crippen LogP) is 2.52. The third-order valence-corrected chi connectivity index (χ3v) is 4.10. The first-order valence-electron chi connectivity index (χ1n) is 7.02. The second kappa shape index (κ2) is 4.81. The molecule has 1 aromatic heterocycles. The molecule has 20 heavy (non-hydrogen) atoms. The molecule has 1 saturated heterocycles. The van der Waals surface area contributed by atoms with Crippen LogP contribution in [0.15, 0.2) is 27.4 Å². The number of nitrogens with one attached hydrogen (secondary N) is 1. The molecule has 1 fully saturated rings. The third-order valence-electron chi connectivity index (χ3n) is 4.10. The second-order valence-electron chi connectivity index (χ2n) is 5.57. The average molecular weight is 274 g/mol. The first-order chi connectivity index (χ1) is 9.56. The van der Waals surface area contributed by atoms with E-state index in [1.54, 1.807) is 18.2 Å². The molecule has 1 aliphatic heterocycles. The Labute approximate surface area is 116 Å². The van der Waals surface area contributed by atoms with Gasteiger partial charge < -0.3 is 9.32 Å². The van der Waals surface area contributed by atoms with Gasteiger partial charge in [0.1, 0.15) is 0 Å². The first-order valence-corrected chi connectivity index (χ1v) is 7.02. The van der Waals surface area contributed by atoms with Crippen LogP contribution < -0.4 is 5.76 Å². The minimum atomic E-state index is -0.496. The number of H-pyrrole nitrogens is 1. The summed E-state index contributed by atoms with van der Waals surface area (Å²) in [5, 5.41) is 0. The molecule has 0 spiro atoms. The van der Waals surface area contributed by atoms with Gasteiger partial charge in [0.2, 0.25) is 0 Å². The monoisotopic (exact) mass is 274 g/mol. The van der Waals surface area contributed by atoms with Crippen molar-refractivity contribution in [3.8, 4) is 0 Å². The summed E-state index contributed by atoms with van der Waals surface area (Å²) in [6.07, 6.45) is 3.24. The van der Waals surface area contributed by atoms with Crippen molar-refractivity contribution in [2.45, 2.75) is 45.2 Å². The van der Waals surface area contributed by atoms with E-state index < -0.39 is 5.76 Å². The Morgan fingerprint density at radius 1 is 1.30 bits per heavy atom. The van der Waals surface area contributed by atoms with E-state index in [4.69, 9.17) is 4.42 Å². The molecule has 5 nitrogen and oxygen atoms in total. The van der Waals surface area contributed by atoms with Crippen molar-refractivity contribution in [1.82, 2.24) is 9.88 Å². The summed E-state index contributed by atoms with van der Waals surface area (Å²) in [4.78, 5) is 28.3. The number of hydrogen-bond acceptors (Lipinski definition) is 3. The zero-order valence-corrected chi connectivity index (χ0v) is 11.7. The minimum Gasteiger partial charge on any atom is -0.408 e. The molecule has 0 aliphatic carbocycles. The van der Waals surface area contributed by atoms with E-state index in [-0.39, 0.29) is 18.0 Å². The molecule has 1 amide bonds. The number of hydrogen-bond donors (Lipinski definition) is 1. The number of carbonyl (C=O) groups excluding carboxylic acids is 1. The fraction of sp³-hybridized carbons (Fsp3) is 0.467. The van der Waals surface area contributed by atoms with E-state index in [1.807, 2.05) is 4.90 Å². The maximum Gasteiger partial charge on any atom is 0.417 e. The lowest BCUT2D eigenvalue weighted by atomic mass is 9.96. The van der Waals surface area contributed by atoms with Crippen LogP contribution in [0.4, 0.5) is 0 Å². The van der Waals surface area contributed by atoms with Crippen LogP contribution in [0.3, 0.4) is 0 Å². The van der Waals surface area contributed by atoms with Crippen LogP contribution in [0, 0.1) is 0 Å². The molecule has 2 heterocycles. The topological polar surface area (TPSA) is 66.3 Å². The summed E-state index contributed by atoms with van der Waals surface area (Å²) in [5.41, 5.74) is 1.62. The van der Waals surface area contributed by atoms with Gasteiger partial charge in [-0.05, 0) is 51.3 Å². The Kier molecular flexibility index (Phi) is 3.12. The molecule has 3 rings (SSSR count). The van der Waals surface area contributed by atoms with Crippen LogP contribution in [0.5, 0.6) is 0 Å². The number of piperidine rings is 1. The van der Waals surface area contributed by atoms with E-state index in [1.165, 1.54) is 0 Å². The summed E-state index contributed by atoms with van der Waals surface area (Å²) in [5.74, 6) is -0.486. The van der Waals surface area contributed by atoms with Crippen LogP contribution in [-0.2, 0) is 0 Å². The van der Waals surface area contributed by atoms with Gasteiger partial charge in [-0.1, -0.05) is 0 Å². The van der Waals surface area contributed by atoms with Gasteiger partial charge in [-0.3, -0.25) is 9.78 Å². The molecular weight excluding hydrogens is 256 g/mol. The summed E-state index contributed by atoms with van der Waals surface area (Å²) < 4.78 is 5.02. The molecule has 0 saturated carbocycles. The molecule has 5 heteroatoms. The molecule has 1 aromatic carbocycles. The van der Waals surface area contributed by atoms with Crippen LogP contribution in [0.1, 0.15) is 43.5 Å². The number of likely N-dealkylation sites (tertiary alicyclic amines) is 1. The van der Waals surface area contributed by atoms with Crippen molar-refractivity contribution < 1.29 is 9.21 Å². The number of amides is 1. The molecule has 106 valence electrons. The highest BCUT2D eigenvalue weighted by Crippen LogP contribution is 2.25. The smallest absolute Gasteiger partial charge is 0.408 e. The van der Waals surface area contributed by atoms with E-state index in [2.05, 4.69) is 18.8 Å². The zero-order valence-electron chi connectivity index (χ0n) is 11.7. The molecular formula is C15H18N2O3. The number of aromatic nitrogens is 1. The fourth-order valence-electron chi connectivity index (χ4n) is 3.05. The Hall–Kier alpha value is -2.04. The summed E-state index contributed by atoms with van der Waals surface area (Å²) >= 11 is 0. The predicted molar refractivity (Wildman–Crippen MR) is 75.8 cm³/mol. The zero-order chi connectivity index (χ0) is 14.3.